The number of amides is 2. The second-order valence-electron chi connectivity index (χ2n) is 9.54. The van der Waals surface area contributed by atoms with Crippen molar-refractivity contribution in [2.45, 2.75) is 51.8 Å². The molecule has 2 aromatic rings. The van der Waals surface area contributed by atoms with Gasteiger partial charge in [-0.25, -0.2) is 13.2 Å². The minimum absolute atomic E-state index is 0.305. The van der Waals surface area contributed by atoms with Crippen LogP contribution in [-0.4, -0.2) is 50.1 Å². The highest BCUT2D eigenvalue weighted by Gasteiger charge is 2.35. The van der Waals surface area contributed by atoms with Crippen molar-refractivity contribution in [2.75, 3.05) is 18.0 Å². The molecule has 0 spiro atoms. The van der Waals surface area contributed by atoms with Crippen molar-refractivity contribution in [3.05, 3.63) is 56.1 Å². The van der Waals surface area contributed by atoms with Crippen LogP contribution in [0.5, 0.6) is 0 Å². The molecular formula is C24H28ClN3O5S2. The molecule has 1 atom stereocenters. The van der Waals surface area contributed by atoms with E-state index in [0.29, 0.717) is 47.4 Å². The lowest BCUT2D eigenvalue weighted by molar-refractivity contribution is -0.118. The van der Waals surface area contributed by atoms with Crippen LogP contribution in [0.4, 0.5) is 10.5 Å². The number of benzene rings is 1. The molecule has 2 aliphatic rings. The van der Waals surface area contributed by atoms with Crippen LogP contribution in [-0.2, 0) is 32.5 Å². The van der Waals surface area contributed by atoms with Crippen LogP contribution < -0.4 is 9.62 Å². The fraction of sp³-hybridized carbons (Fsp3) is 0.417. The molecule has 2 amide bonds. The third kappa shape index (κ3) is 6.43. The van der Waals surface area contributed by atoms with Crippen LogP contribution in [0.2, 0.25) is 4.34 Å². The van der Waals surface area contributed by atoms with Crippen molar-refractivity contribution in [3.8, 4) is 0 Å². The molecule has 8 nitrogen and oxygen atoms in total. The van der Waals surface area contributed by atoms with Crippen LogP contribution in [0.15, 0.2) is 35.7 Å². The Morgan fingerprint density at radius 3 is 2.66 bits per heavy atom. The maximum atomic E-state index is 13.0. The zero-order chi connectivity index (χ0) is 25.4. The predicted molar refractivity (Wildman–Crippen MR) is 138 cm³/mol. The first-order valence-corrected chi connectivity index (χ1v) is 14.0. The number of halogens is 1. The summed E-state index contributed by atoms with van der Waals surface area (Å²) in [6.45, 7) is 6.85. The highest BCUT2D eigenvalue weighted by molar-refractivity contribution is 7.92. The molecule has 0 radical (unpaired) electrons. The fourth-order valence-electron chi connectivity index (χ4n) is 4.05. The van der Waals surface area contributed by atoms with Gasteiger partial charge in [-0.05, 0) is 75.1 Å². The van der Waals surface area contributed by atoms with Gasteiger partial charge in [-0.15, -0.1) is 11.3 Å². The Bertz CT molecular complexity index is 1270. The number of thiophene rings is 1. The standard InChI is InChI=1S/C24H28ClN3O5S2/c1-24(2,3)33-23(30)27-11-8-16-4-5-18(14-17(16)15-27)28-12-9-20(22(28)29)26-35(31,32)13-10-19-6-7-21(25)34-19/h4-7,10,13-14,20,26H,8-9,11-12,15H2,1-3H3/b13-10+/t20-/m0/s1. The molecule has 2 aliphatic heterocycles. The highest BCUT2D eigenvalue weighted by Crippen LogP contribution is 2.29. The van der Waals surface area contributed by atoms with E-state index < -0.39 is 21.7 Å². The van der Waals surface area contributed by atoms with E-state index in [1.165, 1.54) is 17.4 Å². The van der Waals surface area contributed by atoms with Gasteiger partial charge in [0.15, 0.2) is 0 Å². The maximum Gasteiger partial charge on any atom is 0.410 e. The quantitative estimate of drug-likeness (QED) is 0.610. The van der Waals surface area contributed by atoms with E-state index in [4.69, 9.17) is 16.3 Å². The molecule has 4 rings (SSSR count). The van der Waals surface area contributed by atoms with Crippen molar-refractivity contribution in [1.82, 2.24) is 9.62 Å². The molecule has 11 heteroatoms. The third-order valence-corrected chi connectivity index (χ3v) is 7.99. The highest BCUT2D eigenvalue weighted by atomic mass is 35.5. The summed E-state index contributed by atoms with van der Waals surface area (Å²) in [5.41, 5.74) is 2.19. The number of fused-ring (bicyclic) bond motifs is 1. The summed E-state index contributed by atoms with van der Waals surface area (Å²) < 4.78 is 33.5. The average molecular weight is 538 g/mol. The number of carbonyl (C=O) groups is 2. The second-order valence-corrected chi connectivity index (χ2v) is 12.9. The van der Waals surface area contributed by atoms with Gasteiger partial charge in [0.1, 0.15) is 11.6 Å². The van der Waals surface area contributed by atoms with Gasteiger partial charge in [0.25, 0.3) is 0 Å². The molecule has 0 unspecified atom stereocenters. The van der Waals surface area contributed by atoms with Gasteiger partial charge in [0, 0.05) is 35.6 Å². The van der Waals surface area contributed by atoms with E-state index in [2.05, 4.69) is 4.72 Å². The lowest BCUT2D eigenvalue weighted by Gasteiger charge is -2.32. The minimum Gasteiger partial charge on any atom is -0.444 e. The molecule has 3 heterocycles. The van der Waals surface area contributed by atoms with Crippen molar-refractivity contribution in [2.24, 2.45) is 0 Å². The topological polar surface area (TPSA) is 96.0 Å². The van der Waals surface area contributed by atoms with Gasteiger partial charge in [0.05, 0.1) is 4.34 Å². The maximum absolute atomic E-state index is 13.0. The van der Waals surface area contributed by atoms with Gasteiger partial charge in [-0.1, -0.05) is 17.7 Å². The van der Waals surface area contributed by atoms with E-state index in [0.717, 1.165) is 16.5 Å². The molecule has 1 aromatic heterocycles. The zero-order valence-corrected chi connectivity index (χ0v) is 22.2. The Hall–Kier alpha value is -2.40. The first kappa shape index (κ1) is 25.7. The number of nitrogens with zero attached hydrogens (tertiary/aromatic N) is 2. The van der Waals surface area contributed by atoms with E-state index >= 15 is 0 Å². The number of rotatable bonds is 5. The number of carbonyl (C=O) groups excluding carboxylic acids is 2. The third-order valence-electron chi connectivity index (χ3n) is 5.68. The second kappa shape index (κ2) is 9.93. The summed E-state index contributed by atoms with van der Waals surface area (Å²) in [6.07, 6.45) is 2.15. The molecular weight excluding hydrogens is 510 g/mol. The summed E-state index contributed by atoms with van der Waals surface area (Å²) in [4.78, 5) is 29.5. The summed E-state index contributed by atoms with van der Waals surface area (Å²) >= 11 is 7.14. The van der Waals surface area contributed by atoms with Gasteiger partial charge in [0.2, 0.25) is 15.9 Å². The zero-order valence-electron chi connectivity index (χ0n) is 19.8. The van der Waals surface area contributed by atoms with Crippen molar-refractivity contribution in [1.29, 1.82) is 0 Å². The van der Waals surface area contributed by atoms with Gasteiger partial charge in [-0.2, -0.15) is 4.72 Å². The van der Waals surface area contributed by atoms with E-state index in [1.807, 2.05) is 39.0 Å². The molecule has 0 bridgehead atoms. The van der Waals surface area contributed by atoms with Crippen LogP contribution in [0, 0.1) is 0 Å². The van der Waals surface area contributed by atoms with Gasteiger partial charge >= 0.3 is 6.09 Å². The van der Waals surface area contributed by atoms with Crippen LogP contribution in [0.25, 0.3) is 6.08 Å². The SMILES string of the molecule is CC(C)(C)OC(=O)N1CCc2ccc(N3CC[C@H](NS(=O)(=O)/C=C/c4ccc(Cl)s4)C3=O)cc2C1. The number of anilines is 1. The van der Waals surface area contributed by atoms with Crippen LogP contribution in [0.3, 0.4) is 0 Å². The molecule has 1 saturated heterocycles. The molecule has 1 aromatic carbocycles. The van der Waals surface area contributed by atoms with Gasteiger partial charge < -0.3 is 14.5 Å². The Kier molecular flexibility index (Phi) is 7.28. The minimum atomic E-state index is -3.81. The molecule has 1 fully saturated rings. The van der Waals surface area contributed by atoms with E-state index in [-0.39, 0.29) is 12.0 Å². The number of sulfonamides is 1. The smallest absolute Gasteiger partial charge is 0.410 e. The summed E-state index contributed by atoms with van der Waals surface area (Å²) in [6, 6.07) is 8.32. The molecule has 1 N–H and O–H groups in total. The van der Waals surface area contributed by atoms with Crippen molar-refractivity contribution in [3.63, 3.8) is 0 Å². The summed E-state index contributed by atoms with van der Waals surface area (Å²) in [5.74, 6) is -0.305. The molecule has 188 valence electrons. The first-order chi connectivity index (χ1) is 16.4. The number of nitrogens with one attached hydrogen (secondary N) is 1. The van der Waals surface area contributed by atoms with E-state index in [9.17, 15) is 18.0 Å². The van der Waals surface area contributed by atoms with Crippen LogP contribution >= 0.6 is 22.9 Å². The molecule has 0 saturated carbocycles. The monoisotopic (exact) mass is 537 g/mol. The first-order valence-electron chi connectivity index (χ1n) is 11.3. The van der Waals surface area contributed by atoms with Gasteiger partial charge in [-0.3, -0.25) is 4.79 Å². The Morgan fingerprint density at radius 1 is 1.20 bits per heavy atom. The van der Waals surface area contributed by atoms with Crippen molar-refractivity contribution >= 4 is 56.7 Å². The molecule has 35 heavy (non-hydrogen) atoms. The number of hydrogen-bond donors (Lipinski definition) is 1. The Balaban J connectivity index is 1.43. The van der Waals surface area contributed by atoms with Crippen LogP contribution in [0.1, 0.15) is 43.2 Å². The van der Waals surface area contributed by atoms with Crippen molar-refractivity contribution < 1.29 is 22.7 Å². The number of hydrogen-bond acceptors (Lipinski definition) is 6. The number of ether oxygens (including phenoxy) is 1. The summed E-state index contributed by atoms with van der Waals surface area (Å²) in [7, 11) is -3.81. The normalized spacial score (nSPS) is 18.9. The lowest BCUT2D eigenvalue weighted by atomic mass is 9.99. The average Bonchev–Trinajstić information content (AvgIpc) is 3.35. The largest absolute Gasteiger partial charge is 0.444 e. The van der Waals surface area contributed by atoms with E-state index in [1.54, 1.807) is 21.9 Å². The predicted octanol–water partition coefficient (Wildman–Crippen LogP) is 4.39. The Morgan fingerprint density at radius 2 is 1.97 bits per heavy atom. The molecule has 0 aliphatic carbocycles. The lowest BCUT2D eigenvalue weighted by Crippen LogP contribution is -2.41. The summed E-state index contributed by atoms with van der Waals surface area (Å²) in [5, 5.41) is 1.05. The fourth-order valence-corrected chi connectivity index (χ4v) is 6.12. The Labute approximate surface area is 214 Å².